The predicted molar refractivity (Wildman–Crippen MR) is 94.0 cm³/mol. The molecule has 0 unspecified atom stereocenters. The van der Waals surface area contributed by atoms with Gasteiger partial charge in [0.15, 0.2) is 0 Å². The lowest BCUT2D eigenvalue weighted by molar-refractivity contribution is 0.746. The maximum Gasteiger partial charge on any atom is 0.140 e. The van der Waals surface area contributed by atoms with Gasteiger partial charge in [0.2, 0.25) is 0 Å². The fourth-order valence-corrected chi connectivity index (χ4v) is 3.03. The van der Waals surface area contributed by atoms with Crippen molar-refractivity contribution in [2.24, 2.45) is 0 Å². The molecule has 0 aromatic carbocycles. The van der Waals surface area contributed by atoms with E-state index in [1.54, 1.807) is 6.20 Å². The van der Waals surface area contributed by atoms with Crippen LogP contribution < -0.4 is 0 Å². The van der Waals surface area contributed by atoms with Crippen LogP contribution >= 0.6 is 0 Å². The first-order chi connectivity index (χ1) is 11.3. The van der Waals surface area contributed by atoms with Gasteiger partial charge in [-0.05, 0) is 38.0 Å². The fraction of sp³-hybridized carbons (Fsp3) is 0.200. The Morgan fingerprint density at radius 1 is 1.09 bits per heavy atom. The van der Waals surface area contributed by atoms with Gasteiger partial charge in [0.25, 0.3) is 0 Å². The quantitative estimate of drug-likeness (QED) is 0.698. The fourth-order valence-electron chi connectivity index (χ4n) is 3.03. The maximum atomic E-state index is 4.69. The van der Waals surface area contributed by atoms with Gasteiger partial charge in [-0.2, -0.15) is 0 Å². The van der Waals surface area contributed by atoms with Crippen molar-refractivity contribution in [1.29, 1.82) is 0 Å². The van der Waals surface area contributed by atoms with Gasteiger partial charge in [0, 0.05) is 47.8 Å². The van der Waals surface area contributed by atoms with Crippen LogP contribution in [0.3, 0.4) is 0 Å². The minimum atomic E-state index is 0.923. The number of nitrogens with zero attached hydrogens (tertiary/aromatic N) is 3. The minimum absolute atomic E-state index is 0.923. The average Bonchev–Trinajstić information content (AvgIpc) is 3.00. The Kier molecular flexibility index (Phi) is 3.54. The SMILES string of the molecule is CC1=CC=C(Cn2ccc3cc(-c4cccnc4)cnc32)CC1. The molecule has 3 heteroatoms. The molecular weight excluding hydrogens is 282 g/mol. The highest BCUT2D eigenvalue weighted by atomic mass is 15.0. The second-order valence-electron chi connectivity index (χ2n) is 6.16. The van der Waals surface area contributed by atoms with Crippen LogP contribution in [0.1, 0.15) is 19.8 Å². The van der Waals surface area contributed by atoms with Crippen molar-refractivity contribution in [3.05, 3.63) is 72.4 Å². The number of pyridine rings is 2. The van der Waals surface area contributed by atoms with Crippen molar-refractivity contribution in [3.8, 4) is 11.1 Å². The van der Waals surface area contributed by atoms with E-state index >= 15 is 0 Å². The molecule has 3 aromatic rings. The molecule has 114 valence electrons. The minimum Gasteiger partial charge on any atom is -0.328 e. The molecule has 0 spiro atoms. The van der Waals surface area contributed by atoms with Crippen LogP contribution in [0, 0.1) is 0 Å². The van der Waals surface area contributed by atoms with E-state index in [4.69, 9.17) is 4.98 Å². The number of allylic oxidation sites excluding steroid dienone is 4. The molecule has 0 bridgehead atoms. The average molecular weight is 301 g/mol. The van der Waals surface area contributed by atoms with E-state index in [1.807, 2.05) is 18.5 Å². The monoisotopic (exact) mass is 301 g/mol. The highest BCUT2D eigenvalue weighted by molar-refractivity contribution is 5.81. The standard InChI is InChI=1S/C20H19N3/c1-15-4-6-16(7-5-15)14-23-10-8-17-11-19(13-22-20(17)23)18-3-2-9-21-12-18/h2-4,6,8-13H,5,7,14H2,1H3. The largest absolute Gasteiger partial charge is 0.328 e. The smallest absolute Gasteiger partial charge is 0.140 e. The molecule has 0 amide bonds. The number of fused-ring (bicyclic) bond motifs is 1. The Balaban J connectivity index is 1.66. The van der Waals surface area contributed by atoms with Crippen LogP contribution in [0.2, 0.25) is 0 Å². The number of rotatable bonds is 3. The Hall–Kier alpha value is -2.68. The molecule has 1 aliphatic carbocycles. The third kappa shape index (κ3) is 2.82. The highest BCUT2D eigenvalue weighted by Crippen LogP contribution is 2.25. The molecule has 0 saturated carbocycles. The Bertz CT molecular complexity index is 901. The van der Waals surface area contributed by atoms with Crippen molar-refractivity contribution in [1.82, 2.24) is 14.5 Å². The van der Waals surface area contributed by atoms with Gasteiger partial charge in [-0.1, -0.05) is 29.4 Å². The molecule has 0 atom stereocenters. The van der Waals surface area contributed by atoms with Gasteiger partial charge in [0.05, 0.1) is 0 Å². The lowest BCUT2D eigenvalue weighted by Gasteiger charge is -2.13. The van der Waals surface area contributed by atoms with E-state index in [0.29, 0.717) is 0 Å². The normalized spacial score (nSPS) is 14.7. The van der Waals surface area contributed by atoms with E-state index in [-0.39, 0.29) is 0 Å². The Labute approximate surface area is 136 Å². The zero-order valence-corrected chi connectivity index (χ0v) is 13.2. The van der Waals surface area contributed by atoms with Crippen LogP contribution in [-0.2, 0) is 6.54 Å². The van der Waals surface area contributed by atoms with Crippen LogP contribution in [0.4, 0.5) is 0 Å². The second-order valence-corrected chi connectivity index (χ2v) is 6.16. The third-order valence-electron chi connectivity index (χ3n) is 4.41. The second kappa shape index (κ2) is 5.84. The van der Waals surface area contributed by atoms with E-state index in [2.05, 4.69) is 53.0 Å². The molecule has 0 radical (unpaired) electrons. The van der Waals surface area contributed by atoms with Gasteiger partial charge in [-0.15, -0.1) is 0 Å². The molecule has 4 rings (SSSR count). The topological polar surface area (TPSA) is 30.7 Å². The zero-order chi connectivity index (χ0) is 15.6. The summed E-state index contributed by atoms with van der Waals surface area (Å²) in [6.45, 7) is 3.12. The first-order valence-electron chi connectivity index (χ1n) is 8.00. The molecule has 3 heterocycles. The molecular formula is C20H19N3. The van der Waals surface area contributed by atoms with Gasteiger partial charge in [-0.25, -0.2) is 4.98 Å². The lowest BCUT2D eigenvalue weighted by Crippen LogP contribution is -2.03. The van der Waals surface area contributed by atoms with Gasteiger partial charge >= 0.3 is 0 Å². The first-order valence-corrected chi connectivity index (χ1v) is 8.00. The number of aromatic nitrogens is 3. The zero-order valence-electron chi connectivity index (χ0n) is 13.2. The summed E-state index contributed by atoms with van der Waals surface area (Å²) in [5.74, 6) is 0. The van der Waals surface area contributed by atoms with Crippen molar-refractivity contribution in [2.45, 2.75) is 26.3 Å². The van der Waals surface area contributed by atoms with E-state index < -0.39 is 0 Å². The summed E-state index contributed by atoms with van der Waals surface area (Å²) >= 11 is 0. The maximum absolute atomic E-state index is 4.69. The Morgan fingerprint density at radius 2 is 2.04 bits per heavy atom. The van der Waals surface area contributed by atoms with Crippen LogP contribution in [0.25, 0.3) is 22.2 Å². The van der Waals surface area contributed by atoms with Crippen LogP contribution in [0.15, 0.2) is 72.4 Å². The highest BCUT2D eigenvalue weighted by Gasteiger charge is 2.08. The van der Waals surface area contributed by atoms with Crippen molar-refractivity contribution < 1.29 is 0 Å². The molecule has 3 nitrogen and oxygen atoms in total. The van der Waals surface area contributed by atoms with Gasteiger partial charge < -0.3 is 4.57 Å². The first kappa shape index (κ1) is 13.9. The molecule has 0 saturated heterocycles. The van der Waals surface area contributed by atoms with E-state index in [0.717, 1.165) is 29.7 Å². The molecule has 1 aliphatic rings. The van der Waals surface area contributed by atoms with Gasteiger partial charge in [-0.3, -0.25) is 4.98 Å². The summed E-state index contributed by atoms with van der Waals surface area (Å²) in [7, 11) is 0. The molecule has 0 fully saturated rings. The Morgan fingerprint density at radius 3 is 2.83 bits per heavy atom. The summed E-state index contributed by atoms with van der Waals surface area (Å²) in [5, 5.41) is 1.18. The lowest BCUT2D eigenvalue weighted by atomic mass is 9.99. The predicted octanol–water partition coefficient (Wildman–Crippen LogP) is 4.76. The van der Waals surface area contributed by atoms with Crippen molar-refractivity contribution >= 4 is 11.0 Å². The summed E-state index contributed by atoms with van der Waals surface area (Å²) in [4.78, 5) is 8.87. The summed E-state index contributed by atoms with van der Waals surface area (Å²) in [6, 6.07) is 8.35. The summed E-state index contributed by atoms with van der Waals surface area (Å²) in [5.41, 5.74) is 6.19. The number of hydrogen-bond donors (Lipinski definition) is 0. The van der Waals surface area contributed by atoms with E-state index in [1.165, 1.54) is 23.0 Å². The molecule has 3 aromatic heterocycles. The van der Waals surface area contributed by atoms with Crippen molar-refractivity contribution in [2.75, 3.05) is 0 Å². The third-order valence-corrected chi connectivity index (χ3v) is 4.41. The molecule has 0 aliphatic heterocycles. The summed E-state index contributed by atoms with van der Waals surface area (Å²) in [6.07, 6.45) is 14.6. The van der Waals surface area contributed by atoms with E-state index in [9.17, 15) is 0 Å². The van der Waals surface area contributed by atoms with Crippen molar-refractivity contribution in [3.63, 3.8) is 0 Å². The van der Waals surface area contributed by atoms with Gasteiger partial charge in [0.1, 0.15) is 5.65 Å². The molecule has 0 N–H and O–H groups in total. The summed E-state index contributed by atoms with van der Waals surface area (Å²) < 4.78 is 2.24. The van der Waals surface area contributed by atoms with Crippen LogP contribution in [0.5, 0.6) is 0 Å². The molecule has 23 heavy (non-hydrogen) atoms. The number of hydrogen-bond acceptors (Lipinski definition) is 2. The van der Waals surface area contributed by atoms with Crippen LogP contribution in [-0.4, -0.2) is 14.5 Å².